The first-order chi connectivity index (χ1) is 8.99. The van der Waals surface area contributed by atoms with Gasteiger partial charge in [0.15, 0.2) is 0 Å². The Morgan fingerprint density at radius 3 is 2.74 bits per heavy atom. The lowest BCUT2D eigenvalue weighted by molar-refractivity contribution is -0.131. The molecule has 0 heterocycles. The molecule has 5 heteroatoms. The second kappa shape index (κ2) is 7.81. The predicted octanol–water partition coefficient (Wildman–Crippen LogP) is 3.24. The summed E-state index contributed by atoms with van der Waals surface area (Å²) in [5.74, 6) is -0.441. The van der Waals surface area contributed by atoms with Crippen molar-refractivity contribution >= 4 is 23.6 Å². The van der Waals surface area contributed by atoms with E-state index in [2.05, 4.69) is 0 Å². The van der Waals surface area contributed by atoms with Crippen LogP contribution in [0.5, 0.6) is 5.75 Å². The summed E-state index contributed by atoms with van der Waals surface area (Å²) < 4.78 is 10.8. The highest BCUT2D eigenvalue weighted by Crippen LogP contribution is 2.25. The molecule has 0 fully saturated rings. The maximum atomic E-state index is 10.4. The number of benzene rings is 1. The second-order valence-electron chi connectivity index (χ2n) is 4.13. The SMILES string of the molecule is CC(C)OCCOc1ccc(C=CC(=O)O)cc1Cl. The third kappa shape index (κ3) is 6.27. The van der Waals surface area contributed by atoms with Crippen LogP contribution in [0.4, 0.5) is 0 Å². The Labute approximate surface area is 117 Å². The van der Waals surface area contributed by atoms with Crippen molar-refractivity contribution in [2.24, 2.45) is 0 Å². The number of carboxylic acid groups (broad SMARTS) is 1. The minimum atomic E-state index is -0.998. The van der Waals surface area contributed by atoms with E-state index in [1.54, 1.807) is 18.2 Å². The van der Waals surface area contributed by atoms with Crippen LogP contribution in [0.3, 0.4) is 0 Å². The summed E-state index contributed by atoms with van der Waals surface area (Å²) in [6.07, 6.45) is 2.70. The van der Waals surface area contributed by atoms with E-state index in [9.17, 15) is 4.79 Å². The molecule has 0 aromatic heterocycles. The zero-order valence-electron chi connectivity index (χ0n) is 10.9. The van der Waals surface area contributed by atoms with Gasteiger partial charge in [-0.15, -0.1) is 0 Å². The smallest absolute Gasteiger partial charge is 0.328 e. The molecule has 0 aliphatic heterocycles. The number of rotatable bonds is 7. The van der Waals surface area contributed by atoms with E-state index in [1.165, 1.54) is 6.08 Å². The van der Waals surface area contributed by atoms with Crippen molar-refractivity contribution < 1.29 is 19.4 Å². The van der Waals surface area contributed by atoms with E-state index in [0.717, 1.165) is 6.08 Å². The largest absolute Gasteiger partial charge is 0.490 e. The number of carboxylic acids is 1. The van der Waals surface area contributed by atoms with Crippen molar-refractivity contribution in [2.75, 3.05) is 13.2 Å². The van der Waals surface area contributed by atoms with Crippen LogP contribution < -0.4 is 4.74 Å². The van der Waals surface area contributed by atoms with Gasteiger partial charge < -0.3 is 14.6 Å². The van der Waals surface area contributed by atoms with E-state index in [1.807, 2.05) is 13.8 Å². The molecule has 0 spiro atoms. The number of carbonyl (C=O) groups is 1. The first-order valence-corrected chi connectivity index (χ1v) is 6.32. The number of aliphatic carboxylic acids is 1. The minimum absolute atomic E-state index is 0.169. The quantitative estimate of drug-likeness (QED) is 0.617. The van der Waals surface area contributed by atoms with Gasteiger partial charge in [-0.3, -0.25) is 0 Å². The molecule has 19 heavy (non-hydrogen) atoms. The molecule has 0 amide bonds. The lowest BCUT2D eigenvalue weighted by Crippen LogP contribution is -2.11. The van der Waals surface area contributed by atoms with E-state index < -0.39 is 5.97 Å². The fourth-order valence-corrected chi connectivity index (χ4v) is 1.58. The second-order valence-corrected chi connectivity index (χ2v) is 4.54. The van der Waals surface area contributed by atoms with Crippen molar-refractivity contribution in [2.45, 2.75) is 20.0 Å². The molecule has 0 bridgehead atoms. The van der Waals surface area contributed by atoms with Gasteiger partial charge in [-0.25, -0.2) is 4.79 Å². The summed E-state index contributed by atoms with van der Waals surface area (Å²) in [5.41, 5.74) is 0.707. The predicted molar refractivity (Wildman–Crippen MR) is 74.7 cm³/mol. The fourth-order valence-electron chi connectivity index (χ4n) is 1.34. The maximum absolute atomic E-state index is 10.4. The van der Waals surface area contributed by atoms with Gasteiger partial charge in [-0.1, -0.05) is 17.7 Å². The first-order valence-electron chi connectivity index (χ1n) is 5.94. The average Bonchev–Trinajstić information content (AvgIpc) is 2.33. The molecule has 1 aromatic rings. The number of halogens is 1. The van der Waals surface area contributed by atoms with Gasteiger partial charge in [0.2, 0.25) is 0 Å². The lowest BCUT2D eigenvalue weighted by Gasteiger charge is -2.10. The van der Waals surface area contributed by atoms with Gasteiger partial charge in [0.1, 0.15) is 12.4 Å². The van der Waals surface area contributed by atoms with Gasteiger partial charge in [-0.2, -0.15) is 0 Å². The van der Waals surface area contributed by atoms with Crippen molar-refractivity contribution in [1.82, 2.24) is 0 Å². The van der Waals surface area contributed by atoms with Gasteiger partial charge in [0.25, 0.3) is 0 Å². The zero-order chi connectivity index (χ0) is 14.3. The Bertz CT molecular complexity index is 455. The summed E-state index contributed by atoms with van der Waals surface area (Å²) in [6.45, 7) is 4.82. The summed E-state index contributed by atoms with van der Waals surface area (Å²) in [4.78, 5) is 10.4. The van der Waals surface area contributed by atoms with Gasteiger partial charge in [-0.05, 0) is 37.6 Å². The molecule has 0 aliphatic carbocycles. The van der Waals surface area contributed by atoms with Crippen LogP contribution in [0.25, 0.3) is 6.08 Å². The van der Waals surface area contributed by atoms with Crippen molar-refractivity contribution in [3.63, 3.8) is 0 Å². The first kappa shape index (κ1) is 15.5. The Hall–Kier alpha value is -1.52. The molecule has 4 nitrogen and oxygen atoms in total. The summed E-state index contributed by atoms with van der Waals surface area (Å²) in [6, 6.07) is 5.10. The minimum Gasteiger partial charge on any atom is -0.490 e. The van der Waals surface area contributed by atoms with E-state index in [0.29, 0.717) is 29.5 Å². The Kier molecular flexibility index (Phi) is 6.39. The van der Waals surface area contributed by atoms with Gasteiger partial charge >= 0.3 is 5.97 Å². The monoisotopic (exact) mass is 284 g/mol. The molecule has 0 saturated carbocycles. The normalized spacial score (nSPS) is 11.2. The molecule has 0 radical (unpaired) electrons. The fraction of sp³-hybridized carbons (Fsp3) is 0.357. The number of ether oxygens (including phenoxy) is 2. The highest BCUT2D eigenvalue weighted by Gasteiger charge is 2.02. The van der Waals surface area contributed by atoms with Gasteiger partial charge in [0, 0.05) is 6.08 Å². The highest BCUT2D eigenvalue weighted by atomic mass is 35.5. The van der Waals surface area contributed by atoms with Gasteiger partial charge in [0.05, 0.1) is 17.7 Å². The highest BCUT2D eigenvalue weighted by molar-refractivity contribution is 6.32. The van der Waals surface area contributed by atoms with Crippen LogP contribution in [0.15, 0.2) is 24.3 Å². The molecule has 0 saturated heterocycles. The summed E-state index contributed by atoms with van der Waals surface area (Å²) in [5, 5.41) is 8.97. The molecular formula is C14H17ClO4. The molecule has 1 N–H and O–H groups in total. The standard InChI is InChI=1S/C14H17ClO4/c1-10(2)18-7-8-19-13-5-3-11(9-12(13)15)4-6-14(16)17/h3-6,9-10H,7-8H2,1-2H3,(H,16,17). The van der Waals surface area contributed by atoms with Crippen molar-refractivity contribution in [3.05, 3.63) is 34.9 Å². The van der Waals surface area contributed by atoms with Crippen LogP contribution in [0, 0.1) is 0 Å². The average molecular weight is 285 g/mol. The molecule has 0 aliphatic rings. The van der Waals surface area contributed by atoms with Crippen LogP contribution >= 0.6 is 11.6 Å². The topological polar surface area (TPSA) is 55.8 Å². The van der Waals surface area contributed by atoms with Crippen LogP contribution in [0.2, 0.25) is 5.02 Å². The molecule has 0 unspecified atom stereocenters. The summed E-state index contributed by atoms with van der Waals surface area (Å²) >= 11 is 6.04. The Balaban J connectivity index is 2.55. The van der Waals surface area contributed by atoms with Crippen molar-refractivity contribution in [3.8, 4) is 5.75 Å². The van der Waals surface area contributed by atoms with Crippen molar-refractivity contribution in [1.29, 1.82) is 0 Å². The zero-order valence-corrected chi connectivity index (χ0v) is 11.7. The number of hydrogen-bond donors (Lipinski definition) is 1. The van der Waals surface area contributed by atoms with E-state index in [4.69, 9.17) is 26.2 Å². The Morgan fingerprint density at radius 2 is 2.16 bits per heavy atom. The number of hydrogen-bond acceptors (Lipinski definition) is 3. The lowest BCUT2D eigenvalue weighted by atomic mass is 10.2. The molecular weight excluding hydrogens is 268 g/mol. The molecule has 1 aromatic carbocycles. The maximum Gasteiger partial charge on any atom is 0.328 e. The van der Waals surface area contributed by atoms with Crippen LogP contribution in [-0.2, 0) is 9.53 Å². The van der Waals surface area contributed by atoms with Crippen LogP contribution in [0.1, 0.15) is 19.4 Å². The molecule has 0 atom stereocenters. The molecule has 1 rings (SSSR count). The third-order valence-electron chi connectivity index (χ3n) is 2.17. The van der Waals surface area contributed by atoms with Crippen LogP contribution in [-0.4, -0.2) is 30.4 Å². The Morgan fingerprint density at radius 1 is 1.42 bits per heavy atom. The third-order valence-corrected chi connectivity index (χ3v) is 2.46. The van der Waals surface area contributed by atoms with E-state index in [-0.39, 0.29) is 6.10 Å². The van der Waals surface area contributed by atoms with E-state index >= 15 is 0 Å². The molecule has 104 valence electrons. The summed E-state index contributed by atoms with van der Waals surface area (Å²) in [7, 11) is 0.